The molecule has 4 N–H and O–H groups in total. The molecule has 0 spiro atoms. The highest BCUT2D eigenvalue weighted by Gasteiger charge is 2.25. The van der Waals surface area contributed by atoms with Crippen molar-refractivity contribution in [2.75, 3.05) is 12.8 Å². The summed E-state index contributed by atoms with van der Waals surface area (Å²) in [6.45, 7) is 5.18. The first-order valence-electron chi connectivity index (χ1n) is 7.55. The Labute approximate surface area is 143 Å². The van der Waals surface area contributed by atoms with Crippen LogP contribution < -0.4 is 16.2 Å². The minimum Gasteiger partial charge on any atom is -0.493 e. The van der Waals surface area contributed by atoms with Crippen molar-refractivity contribution in [1.82, 2.24) is 14.5 Å². The Hall–Kier alpha value is -3.16. The number of fused-ring (bicyclic) bond motifs is 1. The van der Waals surface area contributed by atoms with Gasteiger partial charge in [0.2, 0.25) is 0 Å². The molecule has 0 unspecified atom stereocenters. The molecule has 0 bridgehead atoms. The fourth-order valence-electron chi connectivity index (χ4n) is 3.16. The highest BCUT2D eigenvalue weighted by molar-refractivity contribution is 6.10. The van der Waals surface area contributed by atoms with Crippen LogP contribution in [-0.4, -0.2) is 27.6 Å². The largest absolute Gasteiger partial charge is 0.493 e. The normalized spacial score (nSPS) is 11.1. The lowest BCUT2D eigenvalue weighted by molar-refractivity contribution is 0.100. The predicted molar refractivity (Wildman–Crippen MR) is 92.5 cm³/mol. The molecule has 25 heavy (non-hydrogen) atoms. The van der Waals surface area contributed by atoms with Crippen LogP contribution in [0.25, 0.3) is 16.7 Å². The third kappa shape index (κ3) is 2.37. The summed E-state index contributed by atoms with van der Waals surface area (Å²) in [5.41, 5.74) is 14.0. The zero-order chi connectivity index (χ0) is 18.5. The number of aryl methyl sites for hydroxylation is 2. The molecule has 3 rings (SSSR count). The van der Waals surface area contributed by atoms with Gasteiger partial charge < -0.3 is 16.2 Å². The maximum Gasteiger partial charge on any atom is 0.253 e. The number of hydrogen-bond acceptors (Lipinski definition) is 5. The van der Waals surface area contributed by atoms with Crippen LogP contribution in [0.2, 0.25) is 0 Å². The molecule has 7 nitrogen and oxygen atoms in total. The number of primary amides is 1. The minimum absolute atomic E-state index is 0.105. The summed E-state index contributed by atoms with van der Waals surface area (Å²) >= 11 is 0. The Kier molecular flexibility index (Phi) is 3.82. The predicted octanol–water partition coefficient (Wildman–Crippen LogP) is 2.17. The van der Waals surface area contributed by atoms with Crippen molar-refractivity contribution in [3.63, 3.8) is 0 Å². The van der Waals surface area contributed by atoms with Crippen molar-refractivity contribution >= 4 is 22.8 Å². The molecule has 0 saturated carbocycles. The van der Waals surface area contributed by atoms with Crippen LogP contribution in [0.5, 0.6) is 5.75 Å². The number of halogens is 1. The lowest BCUT2D eigenvalue weighted by atomic mass is 10.1. The van der Waals surface area contributed by atoms with Crippen LogP contribution in [0.1, 0.15) is 27.3 Å². The number of carbonyl (C=O) groups excluding carboxylic acids is 1. The number of carbonyl (C=O) groups is 1. The number of nitrogen functional groups attached to an aromatic ring is 1. The number of nitrogens with zero attached hydrogens (tertiary/aromatic N) is 3. The number of amides is 1. The first-order chi connectivity index (χ1) is 11.8. The van der Waals surface area contributed by atoms with Crippen LogP contribution in [0.15, 0.2) is 12.3 Å². The molecule has 0 saturated heterocycles. The maximum absolute atomic E-state index is 14.2. The second-order valence-electron chi connectivity index (χ2n) is 5.80. The highest BCUT2D eigenvalue weighted by atomic mass is 19.1. The van der Waals surface area contributed by atoms with Gasteiger partial charge in [-0.05, 0) is 32.4 Å². The number of anilines is 1. The van der Waals surface area contributed by atoms with Crippen molar-refractivity contribution in [3.05, 3.63) is 40.6 Å². The minimum atomic E-state index is -0.682. The third-order valence-corrected chi connectivity index (χ3v) is 4.17. The zero-order valence-corrected chi connectivity index (χ0v) is 14.3. The summed E-state index contributed by atoms with van der Waals surface area (Å²) < 4.78 is 20.9. The number of hydrogen-bond donors (Lipinski definition) is 2. The molecule has 0 fully saturated rings. The van der Waals surface area contributed by atoms with E-state index in [4.69, 9.17) is 16.2 Å². The Morgan fingerprint density at radius 2 is 2.00 bits per heavy atom. The van der Waals surface area contributed by atoms with Crippen LogP contribution in [0.3, 0.4) is 0 Å². The topological polar surface area (TPSA) is 109 Å². The Balaban J connectivity index is 2.51. The Morgan fingerprint density at radius 3 is 2.60 bits per heavy atom. The molecule has 2 heterocycles. The van der Waals surface area contributed by atoms with Crippen molar-refractivity contribution in [2.45, 2.75) is 20.8 Å². The van der Waals surface area contributed by atoms with Crippen LogP contribution >= 0.6 is 0 Å². The molecule has 0 aliphatic heterocycles. The Morgan fingerprint density at radius 1 is 1.32 bits per heavy atom. The van der Waals surface area contributed by atoms with Gasteiger partial charge in [-0.15, -0.1) is 0 Å². The van der Waals surface area contributed by atoms with E-state index in [2.05, 4.69) is 9.97 Å². The van der Waals surface area contributed by atoms with Gasteiger partial charge in [-0.2, -0.15) is 0 Å². The molecule has 2 aromatic heterocycles. The van der Waals surface area contributed by atoms with Gasteiger partial charge in [0.25, 0.3) is 5.91 Å². The van der Waals surface area contributed by atoms with Gasteiger partial charge in [0.15, 0.2) is 17.2 Å². The van der Waals surface area contributed by atoms with Crippen molar-refractivity contribution in [3.8, 4) is 11.4 Å². The zero-order valence-electron chi connectivity index (χ0n) is 14.3. The van der Waals surface area contributed by atoms with Crippen LogP contribution in [0, 0.1) is 26.6 Å². The van der Waals surface area contributed by atoms with Crippen molar-refractivity contribution < 1.29 is 13.9 Å². The summed E-state index contributed by atoms with van der Waals surface area (Å²) in [7, 11) is 1.39. The fraction of sp³-hybridized carbons (Fsp3) is 0.235. The molecule has 0 radical (unpaired) electrons. The third-order valence-electron chi connectivity index (χ3n) is 4.17. The SMILES string of the molecule is COc1c(F)cc(C)c(-n2c(N)c(C(N)=O)c3cnc(C)nc32)c1C. The lowest BCUT2D eigenvalue weighted by Gasteiger charge is -2.17. The molecule has 130 valence electrons. The van der Waals surface area contributed by atoms with Gasteiger partial charge in [-0.25, -0.2) is 14.4 Å². The number of rotatable bonds is 3. The lowest BCUT2D eigenvalue weighted by Crippen LogP contribution is -2.14. The molecular formula is C17H18FN5O2. The van der Waals surface area contributed by atoms with E-state index in [-0.39, 0.29) is 17.1 Å². The number of aromatic nitrogens is 3. The molecule has 0 atom stereocenters. The van der Waals surface area contributed by atoms with Gasteiger partial charge >= 0.3 is 0 Å². The Bertz CT molecular complexity index is 1030. The van der Waals surface area contributed by atoms with Gasteiger partial charge in [-0.1, -0.05) is 0 Å². The molecule has 0 aliphatic carbocycles. The standard InChI is InChI=1S/C17H18FN5O2/c1-7-5-11(18)14(25-4)8(2)13(7)23-15(19)12(16(20)24)10-6-21-9(3)22-17(10)23/h5-6H,19H2,1-4H3,(H2,20,24). The van der Waals surface area contributed by atoms with Crippen LogP contribution in [-0.2, 0) is 0 Å². The van der Waals surface area contributed by atoms with E-state index in [1.165, 1.54) is 19.4 Å². The molecule has 1 amide bonds. The van der Waals surface area contributed by atoms with E-state index in [9.17, 15) is 9.18 Å². The summed E-state index contributed by atoms with van der Waals surface area (Å²) in [6, 6.07) is 1.35. The van der Waals surface area contributed by atoms with E-state index >= 15 is 0 Å². The van der Waals surface area contributed by atoms with Gasteiger partial charge in [0.1, 0.15) is 11.6 Å². The molecule has 1 aromatic carbocycles. The molecule has 0 aliphatic rings. The van der Waals surface area contributed by atoms with Crippen LogP contribution in [0.4, 0.5) is 10.2 Å². The number of methoxy groups -OCH3 is 1. The van der Waals surface area contributed by atoms with Crippen molar-refractivity contribution in [2.24, 2.45) is 5.73 Å². The average Bonchev–Trinajstić information content (AvgIpc) is 2.79. The summed E-state index contributed by atoms with van der Waals surface area (Å²) in [4.78, 5) is 20.4. The fourth-order valence-corrected chi connectivity index (χ4v) is 3.16. The number of ether oxygens (including phenoxy) is 1. The van der Waals surface area contributed by atoms with Gasteiger partial charge in [0.05, 0.1) is 23.7 Å². The van der Waals surface area contributed by atoms with E-state index < -0.39 is 11.7 Å². The summed E-state index contributed by atoms with van der Waals surface area (Å²) in [5.74, 6) is -0.419. The van der Waals surface area contributed by atoms with E-state index in [1.54, 1.807) is 25.3 Å². The first kappa shape index (κ1) is 16.7. The summed E-state index contributed by atoms with van der Waals surface area (Å²) in [5, 5.41) is 0.442. The van der Waals surface area contributed by atoms with Gasteiger partial charge in [-0.3, -0.25) is 9.36 Å². The van der Waals surface area contributed by atoms with E-state index in [0.29, 0.717) is 33.7 Å². The number of nitrogens with two attached hydrogens (primary N) is 2. The van der Waals surface area contributed by atoms with E-state index in [0.717, 1.165) is 0 Å². The monoisotopic (exact) mass is 343 g/mol. The summed E-state index contributed by atoms with van der Waals surface area (Å²) in [6.07, 6.45) is 1.51. The van der Waals surface area contributed by atoms with Gasteiger partial charge in [0, 0.05) is 11.8 Å². The second-order valence-corrected chi connectivity index (χ2v) is 5.80. The molecule has 3 aromatic rings. The molecular weight excluding hydrogens is 325 g/mol. The van der Waals surface area contributed by atoms with Crippen molar-refractivity contribution in [1.29, 1.82) is 0 Å². The molecule has 8 heteroatoms. The highest BCUT2D eigenvalue weighted by Crippen LogP contribution is 2.36. The first-order valence-corrected chi connectivity index (χ1v) is 7.55. The van der Waals surface area contributed by atoms with E-state index in [1.807, 2.05) is 0 Å². The average molecular weight is 343 g/mol. The smallest absolute Gasteiger partial charge is 0.253 e. The maximum atomic E-state index is 14.2. The second kappa shape index (κ2) is 5.73. The number of benzene rings is 1. The quantitative estimate of drug-likeness (QED) is 0.757.